The largest absolute Gasteiger partial charge is 0.493 e. The van der Waals surface area contributed by atoms with Crippen LogP contribution in [0.3, 0.4) is 0 Å². The molecule has 1 fully saturated rings. The lowest BCUT2D eigenvalue weighted by atomic mass is 9.84. The summed E-state index contributed by atoms with van der Waals surface area (Å²) in [4.78, 5) is 24.9. The SMILES string of the molecule is COc1cc2c(cc1OC)C1=NC(=O)[C@@H](CC3CCCCC3)N1C(SCc1ccccc1C)=N2. The highest BCUT2D eigenvalue weighted by Gasteiger charge is 2.43. The molecule has 0 aromatic heterocycles. The highest BCUT2D eigenvalue weighted by molar-refractivity contribution is 8.13. The first-order valence-corrected chi connectivity index (χ1v) is 13.0. The van der Waals surface area contributed by atoms with E-state index in [1.165, 1.54) is 43.2 Å². The Labute approximate surface area is 205 Å². The molecule has 0 bridgehead atoms. The van der Waals surface area contributed by atoms with Gasteiger partial charge in [-0.25, -0.2) is 4.99 Å². The molecule has 2 aliphatic heterocycles. The van der Waals surface area contributed by atoms with Crippen LogP contribution in [-0.2, 0) is 10.5 Å². The number of ether oxygens (including phenoxy) is 2. The molecule has 1 atom stereocenters. The predicted molar refractivity (Wildman–Crippen MR) is 137 cm³/mol. The number of fused-ring (bicyclic) bond motifs is 3. The molecule has 0 spiro atoms. The molecule has 3 aliphatic rings. The van der Waals surface area contributed by atoms with Crippen molar-refractivity contribution in [2.24, 2.45) is 15.9 Å². The lowest BCUT2D eigenvalue weighted by Crippen LogP contribution is -2.44. The second-order valence-electron chi connectivity index (χ2n) is 9.23. The van der Waals surface area contributed by atoms with E-state index < -0.39 is 0 Å². The lowest BCUT2D eigenvalue weighted by molar-refractivity contribution is -0.120. The maximum Gasteiger partial charge on any atom is 0.270 e. The van der Waals surface area contributed by atoms with Crippen molar-refractivity contribution in [3.05, 3.63) is 53.1 Å². The Bertz CT molecular complexity index is 1150. The molecule has 34 heavy (non-hydrogen) atoms. The number of methoxy groups -OCH3 is 2. The monoisotopic (exact) mass is 477 g/mol. The molecule has 2 heterocycles. The zero-order valence-corrected chi connectivity index (χ0v) is 20.9. The van der Waals surface area contributed by atoms with Crippen molar-refractivity contribution in [2.45, 2.75) is 57.2 Å². The lowest BCUT2D eigenvalue weighted by Gasteiger charge is -2.33. The molecule has 0 unspecified atom stereocenters. The molecule has 0 N–H and O–H groups in total. The van der Waals surface area contributed by atoms with E-state index in [9.17, 15) is 4.79 Å². The second kappa shape index (κ2) is 9.82. The van der Waals surface area contributed by atoms with Gasteiger partial charge in [0.25, 0.3) is 5.91 Å². The number of hydrogen-bond donors (Lipinski definition) is 0. The molecular formula is C27H31N3O3S. The fraction of sp³-hybridized carbons (Fsp3) is 0.444. The van der Waals surface area contributed by atoms with Gasteiger partial charge < -0.3 is 9.47 Å². The van der Waals surface area contributed by atoms with Crippen molar-refractivity contribution >= 4 is 34.4 Å². The summed E-state index contributed by atoms with van der Waals surface area (Å²) in [6.45, 7) is 2.13. The summed E-state index contributed by atoms with van der Waals surface area (Å²) in [6, 6.07) is 11.9. The molecule has 5 rings (SSSR count). The molecule has 6 nitrogen and oxygen atoms in total. The number of benzene rings is 2. The number of aryl methyl sites for hydroxylation is 1. The zero-order chi connectivity index (χ0) is 23.7. The Morgan fingerprint density at radius 2 is 1.76 bits per heavy atom. The number of rotatable bonds is 6. The maximum atomic E-state index is 13.2. The Kier molecular flexibility index (Phi) is 6.63. The fourth-order valence-electron chi connectivity index (χ4n) is 5.16. The van der Waals surface area contributed by atoms with E-state index in [-0.39, 0.29) is 11.9 Å². The van der Waals surface area contributed by atoms with Crippen molar-refractivity contribution in [3.8, 4) is 11.5 Å². The van der Waals surface area contributed by atoms with Gasteiger partial charge in [-0.1, -0.05) is 68.1 Å². The summed E-state index contributed by atoms with van der Waals surface area (Å²) in [5, 5.41) is 0.827. The van der Waals surface area contributed by atoms with E-state index in [1.807, 2.05) is 12.1 Å². The standard InChI is InChI=1S/C27H31N3O3S/c1-17-9-7-8-12-19(17)16-34-27-28-21-15-24(33-3)23(32-2)14-20(21)25-29-26(31)22(30(25)27)13-18-10-5-4-6-11-18/h7-9,12,14-15,18,22H,4-6,10-11,13,16H2,1-3H3/t22-/m1/s1. The van der Waals surface area contributed by atoms with Crippen LogP contribution in [0.15, 0.2) is 46.4 Å². The number of amidine groups is 2. The van der Waals surface area contributed by atoms with E-state index in [0.717, 1.165) is 28.6 Å². The van der Waals surface area contributed by atoms with Crippen molar-refractivity contribution in [1.29, 1.82) is 0 Å². The van der Waals surface area contributed by atoms with Crippen LogP contribution in [0.1, 0.15) is 55.2 Å². The normalized spacial score (nSPS) is 19.9. The average molecular weight is 478 g/mol. The van der Waals surface area contributed by atoms with Gasteiger partial charge in [-0.05, 0) is 36.5 Å². The molecule has 2 aromatic carbocycles. The summed E-state index contributed by atoms with van der Waals surface area (Å²) in [6.07, 6.45) is 7.02. The fourth-order valence-corrected chi connectivity index (χ4v) is 6.29. The second-order valence-corrected chi connectivity index (χ2v) is 10.2. The summed E-state index contributed by atoms with van der Waals surface area (Å²) >= 11 is 1.67. The number of carbonyl (C=O) groups is 1. The number of thioether (sulfide) groups is 1. The number of carbonyl (C=O) groups excluding carboxylic acids is 1. The van der Waals surface area contributed by atoms with Gasteiger partial charge in [0.1, 0.15) is 11.9 Å². The Balaban J connectivity index is 1.52. The Morgan fingerprint density at radius 1 is 1.03 bits per heavy atom. The minimum Gasteiger partial charge on any atom is -0.493 e. The first-order chi connectivity index (χ1) is 16.6. The van der Waals surface area contributed by atoms with Crippen LogP contribution in [-0.4, -0.2) is 42.1 Å². The van der Waals surface area contributed by atoms with Crippen molar-refractivity contribution in [1.82, 2.24) is 4.90 Å². The maximum absolute atomic E-state index is 13.2. The van der Waals surface area contributed by atoms with Crippen molar-refractivity contribution in [2.75, 3.05) is 14.2 Å². The van der Waals surface area contributed by atoms with Gasteiger partial charge in [0.2, 0.25) is 0 Å². The third-order valence-electron chi connectivity index (χ3n) is 7.11. The molecule has 2 aromatic rings. The van der Waals surface area contributed by atoms with Gasteiger partial charge in [0, 0.05) is 17.4 Å². The first kappa shape index (κ1) is 23.0. The number of nitrogens with zero attached hydrogens (tertiary/aromatic N) is 3. The zero-order valence-electron chi connectivity index (χ0n) is 20.0. The van der Waals surface area contributed by atoms with E-state index in [2.05, 4.69) is 41.1 Å². The highest BCUT2D eigenvalue weighted by Crippen LogP contribution is 2.42. The Hall–Kier alpha value is -2.80. The van der Waals surface area contributed by atoms with E-state index in [4.69, 9.17) is 14.5 Å². The van der Waals surface area contributed by atoms with Crippen molar-refractivity contribution in [3.63, 3.8) is 0 Å². The molecule has 1 saturated carbocycles. The topological polar surface area (TPSA) is 63.5 Å². The molecule has 7 heteroatoms. The average Bonchev–Trinajstić information content (AvgIpc) is 3.19. The van der Waals surface area contributed by atoms with Gasteiger partial charge in [-0.15, -0.1) is 0 Å². The van der Waals surface area contributed by atoms with Gasteiger partial charge in [-0.3, -0.25) is 9.69 Å². The molecule has 178 valence electrons. The molecule has 0 saturated heterocycles. The van der Waals surface area contributed by atoms with Crippen LogP contribution in [0.4, 0.5) is 5.69 Å². The Morgan fingerprint density at radius 3 is 2.50 bits per heavy atom. The van der Waals surface area contributed by atoms with Crippen LogP contribution in [0.5, 0.6) is 11.5 Å². The third-order valence-corrected chi connectivity index (χ3v) is 8.11. The minimum absolute atomic E-state index is 0.0626. The quantitative estimate of drug-likeness (QED) is 0.520. The number of aliphatic imine (C=N–C) groups is 2. The van der Waals surface area contributed by atoms with Crippen LogP contribution in [0.25, 0.3) is 0 Å². The van der Waals surface area contributed by atoms with Crippen LogP contribution >= 0.6 is 11.8 Å². The third kappa shape index (κ3) is 4.33. The van der Waals surface area contributed by atoms with Gasteiger partial charge >= 0.3 is 0 Å². The number of amides is 1. The summed E-state index contributed by atoms with van der Waals surface area (Å²) in [7, 11) is 3.23. The van der Waals surface area contributed by atoms with Gasteiger partial charge in [-0.2, -0.15) is 4.99 Å². The highest BCUT2D eigenvalue weighted by atomic mass is 32.2. The first-order valence-electron chi connectivity index (χ1n) is 12.0. The number of hydrogen-bond acceptors (Lipinski definition) is 6. The van der Waals surface area contributed by atoms with Gasteiger partial charge in [0.15, 0.2) is 16.7 Å². The molecule has 0 radical (unpaired) electrons. The van der Waals surface area contributed by atoms with Gasteiger partial charge in [0.05, 0.1) is 19.9 Å². The summed E-state index contributed by atoms with van der Waals surface area (Å²) in [5.74, 6) is 3.19. The smallest absolute Gasteiger partial charge is 0.270 e. The van der Waals surface area contributed by atoms with E-state index in [0.29, 0.717) is 23.3 Å². The van der Waals surface area contributed by atoms with Crippen LogP contribution < -0.4 is 9.47 Å². The predicted octanol–water partition coefficient (Wildman–Crippen LogP) is 5.87. The van der Waals surface area contributed by atoms with Crippen LogP contribution in [0.2, 0.25) is 0 Å². The summed E-state index contributed by atoms with van der Waals surface area (Å²) < 4.78 is 11.0. The summed E-state index contributed by atoms with van der Waals surface area (Å²) in [5.41, 5.74) is 4.09. The van der Waals surface area contributed by atoms with Crippen molar-refractivity contribution < 1.29 is 14.3 Å². The molecule has 1 amide bonds. The van der Waals surface area contributed by atoms with E-state index in [1.54, 1.807) is 26.0 Å². The minimum atomic E-state index is -0.289. The molecule has 1 aliphatic carbocycles. The van der Waals surface area contributed by atoms with E-state index >= 15 is 0 Å². The molecular weight excluding hydrogens is 446 g/mol. The van der Waals surface area contributed by atoms with Crippen LogP contribution in [0, 0.1) is 12.8 Å².